The van der Waals surface area contributed by atoms with E-state index in [4.69, 9.17) is 16.3 Å². The number of ether oxygens (including phenoxy) is 1. The van der Waals surface area contributed by atoms with Crippen molar-refractivity contribution in [2.45, 2.75) is 18.7 Å². The van der Waals surface area contributed by atoms with Crippen LogP contribution in [0.25, 0.3) is 0 Å². The number of carbonyl (C=O) groups is 1. The highest BCUT2D eigenvalue weighted by Crippen LogP contribution is 2.14. The van der Waals surface area contributed by atoms with Gasteiger partial charge in [0, 0.05) is 18.0 Å². The standard InChI is InChI=1S/C18H20ClNO4S/c1-24-17-7-3-4-14(11-17)12-20-18(21)8-9-25(22,23)13-15-5-2-6-16(19)10-15/h2-7,10-11H,8-9,12-13H2,1H3,(H,20,21). The fourth-order valence-corrected chi connectivity index (χ4v) is 3.81. The fraction of sp³-hybridized carbons (Fsp3) is 0.278. The van der Waals surface area contributed by atoms with E-state index < -0.39 is 9.84 Å². The van der Waals surface area contributed by atoms with Gasteiger partial charge in [0.2, 0.25) is 5.91 Å². The van der Waals surface area contributed by atoms with Gasteiger partial charge >= 0.3 is 0 Å². The van der Waals surface area contributed by atoms with E-state index in [1.165, 1.54) is 0 Å². The van der Waals surface area contributed by atoms with Gasteiger partial charge in [0.1, 0.15) is 5.75 Å². The molecule has 0 atom stereocenters. The topological polar surface area (TPSA) is 72.5 Å². The number of methoxy groups -OCH3 is 1. The van der Waals surface area contributed by atoms with Crippen LogP contribution in [-0.2, 0) is 26.9 Å². The lowest BCUT2D eigenvalue weighted by molar-refractivity contribution is -0.120. The molecule has 134 valence electrons. The highest BCUT2D eigenvalue weighted by Gasteiger charge is 2.15. The molecule has 0 heterocycles. The van der Waals surface area contributed by atoms with Crippen LogP contribution >= 0.6 is 11.6 Å². The van der Waals surface area contributed by atoms with Crippen molar-refractivity contribution in [3.8, 4) is 5.75 Å². The molecular formula is C18H20ClNO4S. The summed E-state index contributed by atoms with van der Waals surface area (Å²) in [5, 5.41) is 3.21. The smallest absolute Gasteiger partial charge is 0.221 e. The molecule has 0 aromatic heterocycles. The number of amides is 1. The van der Waals surface area contributed by atoms with Crippen LogP contribution in [0.1, 0.15) is 17.5 Å². The third kappa shape index (κ3) is 6.76. The molecule has 0 radical (unpaired) electrons. The Kier molecular flexibility index (Phi) is 6.84. The van der Waals surface area contributed by atoms with Crippen LogP contribution in [0.5, 0.6) is 5.75 Å². The van der Waals surface area contributed by atoms with Crippen LogP contribution in [-0.4, -0.2) is 27.2 Å². The Hall–Kier alpha value is -2.05. The number of carbonyl (C=O) groups excluding carboxylic acids is 1. The van der Waals surface area contributed by atoms with Crippen molar-refractivity contribution in [3.05, 3.63) is 64.7 Å². The molecule has 0 bridgehead atoms. The first kappa shape index (κ1) is 19.3. The lowest BCUT2D eigenvalue weighted by atomic mass is 10.2. The third-order valence-electron chi connectivity index (χ3n) is 3.54. The summed E-state index contributed by atoms with van der Waals surface area (Å²) in [7, 11) is -1.81. The van der Waals surface area contributed by atoms with Crippen molar-refractivity contribution in [2.24, 2.45) is 0 Å². The highest BCUT2D eigenvalue weighted by atomic mass is 35.5. The van der Waals surface area contributed by atoms with Gasteiger partial charge in [-0.3, -0.25) is 4.79 Å². The first-order valence-electron chi connectivity index (χ1n) is 7.72. The second-order valence-corrected chi connectivity index (χ2v) is 8.22. The number of hydrogen-bond donors (Lipinski definition) is 1. The Morgan fingerprint density at radius 1 is 1.12 bits per heavy atom. The van der Waals surface area contributed by atoms with Gasteiger partial charge in [-0.15, -0.1) is 0 Å². The Morgan fingerprint density at radius 3 is 2.56 bits per heavy atom. The van der Waals surface area contributed by atoms with E-state index in [-0.39, 0.29) is 23.8 Å². The summed E-state index contributed by atoms with van der Waals surface area (Å²) >= 11 is 5.85. The second-order valence-electron chi connectivity index (χ2n) is 5.60. The van der Waals surface area contributed by atoms with Crippen LogP contribution in [0, 0.1) is 0 Å². The zero-order valence-electron chi connectivity index (χ0n) is 13.9. The number of benzene rings is 2. The van der Waals surface area contributed by atoms with Crippen LogP contribution in [0.2, 0.25) is 5.02 Å². The van der Waals surface area contributed by atoms with Gasteiger partial charge in [-0.05, 0) is 35.4 Å². The predicted molar refractivity (Wildman–Crippen MR) is 98.4 cm³/mol. The normalized spacial score (nSPS) is 11.1. The molecule has 0 fully saturated rings. The van der Waals surface area contributed by atoms with Crippen LogP contribution < -0.4 is 10.1 Å². The van der Waals surface area contributed by atoms with Gasteiger partial charge in [-0.2, -0.15) is 0 Å². The summed E-state index contributed by atoms with van der Waals surface area (Å²) in [6.45, 7) is 0.324. The van der Waals surface area contributed by atoms with Crippen molar-refractivity contribution in [2.75, 3.05) is 12.9 Å². The number of hydrogen-bond acceptors (Lipinski definition) is 4. The lowest BCUT2D eigenvalue weighted by Gasteiger charge is -2.08. The summed E-state index contributed by atoms with van der Waals surface area (Å²) in [6, 6.07) is 14.0. The van der Waals surface area contributed by atoms with Gasteiger partial charge in [0.25, 0.3) is 0 Å². The summed E-state index contributed by atoms with van der Waals surface area (Å²) in [5.74, 6) is 0.0635. The largest absolute Gasteiger partial charge is 0.497 e. The zero-order valence-corrected chi connectivity index (χ0v) is 15.4. The van der Waals surface area contributed by atoms with E-state index in [1.807, 2.05) is 24.3 Å². The second kappa shape index (κ2) is 8.87. The molecule has 7 heteroatoms. The minimum absolute atomic E-state index is 0.0765. The summed E-state index contributed by atoms with van der Waals surface area (Å²) < 4.78 is 29.4. The lowest BCUT2D eigenvalue weighted by Crippen LogP contribution is -2.25. The first-order valence-corrected chi connectivity index (χ1v) is 9.92. The summed E-state index contributed by atoms with van der Waals surface area (Å²) in [6.07, 6.45) is -0.0765. The van der Waals surface area contributed by atoms with Crippen molar-refractivity contribution in [3.63, 3.8) is 0 Å². The predicted octanol–water partition coefficient (Wildman–Crippen LogP) is 2.97. The van der Waals surface area contributed by atoms with Crippen molar-refractivity contribution in [1.29, 1.82) is 0 Å². The van der Waals surface area contributed by atoms with Gasteiger partial charge in [-0.1, -0.05) is 35.9 Å². The molecule has 0 spiro atoms. The van der Waals surface area contributed by atoms with Crippen LogP contribution in [0.4, 0.5) is 0 Å². The molecule has 2 rings (SSSR count). The maximum atomic E-state index is 12.1. The van der Waals surface area contributed by atoms with E-state index in [1.54, 1.807) is 31.4 Å². The van der Waals surface area contributed by atoms with E-state index in [9.17, 15) is 13.2 Å². The first-order chi connectivity index (χ1) is 11.9. The Labute approximate surface area is 152 Å². The van der Waals surface area contributed by atoms with E-state index in [0.29, 0.717) is 22.9 Å². The Balaban J connectivity index is 1.82. The molecule has 1 amide bonds. The van der Waals surface area contributed by atoms with Crippen LogP contribution in [0.3, 0.4) is 0 Å². The molecule has 0 aliphatic heterocycles. The van der Waals surface area contributed by atoms with Gasteiger partial charge in [0.15, 0.2) is 9.84 Å². The molecule has 5 nitrogen and oxygen atoms in total. The number of sulfone groups is 1. The van der Waals surface area contributed by atoms with E-state index in [0.717, 1.165) is 5.56 Å². The van der Waals surface area contributed by atoms with Crippen LogP contribution in [0.15, 0.2) is 48.5 Å². The average Bonchev–Trinajstić information content (AvgIpc) is 2.58. The molecule has 25 heavy (non-hydrogen) atoms. The molecule has 2 aromatic rings. The average molecular weight is 382 g/mol. The number of rotatable bonds is 8. The maximum absolute atomic E-state index is 12.1. The van der Waals surface area contributed by atoms with E-state index in [2.05, 4.69) is 5.32 Å². The molecule has 0 saturated carbocycles. The zero-order chi connectivity index (χ0) is 18.3. The molecule has 0 aliphatic rings. The Bertz CT molecular complexity index is 836. The minimum atomic E-state index is -3.38. The third-order valence-corrected chi connectivity index (χ3v) is 5.37. The monoisotopic (exact) mass is 381 g/mol. The molecule has 1 N–H and O–H groups in total. The molecule has 0 unspecified atom stereocenters. The minimum Gasteiger partial charge on any atom is -0.497 e. The Morgan fingerprint density at radius 2 is 1.84 bits per heavy atom. The quantitative estimate of drug-likeness (QED) is 0.763. The van der Waals surface area contributed by atoms with Gasteiger partial charge < -0.3 is 10.1 Å². The molecule has 0 saturated heterocycles. The molecule has 2 aromatic carbocycles. The van der Waals surface area contributed by atoms with Crippen molar-refractivity contribution in [1.82, 2.24) is 5.32 Å². The molecular weight excluding hydrogens is 362 g/mol. The summed E-state index contributed by atoms with van der Waals surface area (Å²) in [4.78, 5) is 11.9. The SMILES string of the molecule is COc1cccc(CNC(=O)CCS(=O)(=O)Cc2cccc(Cl)c2)c1. The maximum Gasteiger partial charge on any atom is 0.221 e. The number of nitrogens with one attached hydrogen (secondary N) is 1. The van der Waals surface area contributed by atoms with Gasteiger partial charge in [0.05, 0.1) is 18.6 Å². The highest BCUT2D eigenvalue weighted by molar-refractivity contribution is 7.90. The fourth-order valence-electron chi connectivity index (χ4n) is 2.27. The molecule has 0 aliphatic carbocycles. The number of halogens is 1. The van der Waals surface area contributed by atoms with Gasteiger partial charge in [-0.25, -0.2) is 8.42 Å². The van der Waals surface area contributed by atoms with Crippen molar-refractivity contribution < 1.29 is 17.9 Å². The summed E-state index contributed by atoms with van der Waals surface area (Å²) in [5.41, 5.74) is 1.50. The van der Waals surface area contributed by atoms with Crippen molar-refractivity contribution >= 4 is 27.3 Å². The van der Waals surface area contributed by atoms with E-state index >= 15 is 0 Å².